The van der Waals surface area contributed by atoms with Gasteiger partial charge in [-0.25, -0.2) is 0 Å². The predicted octanol–water partition coefficient (Wildman–Crippen LogP) is 2.37. The van der Waals surface area contributed by atoms with E-state index in [0.717, 1.165) is 33.6 Å². The van der Waals surface area contributed by atoms with Crippen LogP contribution in [0.25, 0.3) is 0 Å². The lowest BCUT2D eigenvalue weighted by Crippen LogP contribution is -2.48. The first-order valence-electron chi connectivity index (χ1n) is 8.94. The van der Waals surface area contributed by atoms with Gasteiger partial charge in [-0.15, -0.1) is 0 Å². The molecular formula is C22H22N4O2. The van der Waals surface area contributed by atoms with E-state index in [9.17, 15) is 9.59 Å². The van der Waals surface area contributed by atoms with Crippen LogP contribution < -0.4 is 32.4 Å². The molecule has 6 nitrogen and oxygen atoms in total. The number of nitrogens with one attached hydrogen (secondary N) is 2. The van der Waals surface area contributed by atoms with Gasteiger partial charge in [0, 0.05) is 0 Å². The largest absolute Gasteiger partial charge is 0.287 e. The zero-order valence-corrected chi connectivity index (χ0v) is 16.3. The van der Waals surface area contributed by atoms with E-state index in [1.54, 1.807) is 0 Å². The Morgan fingerprint density at radius 2 is 1.21 bits per heavy atom. The van der Waals surface area contributed by atoms with Crippen LogP contribution in [0.5, 0.6) is 0 Å². The minimum atomic E-state index is -0.526. The smallest absolute Gasteiger partial charge is 0.237 e. The summed E-state index contributed by atoms with van der Waals surface area (Å²) in [7, 11) is 0. The first-order chi connectivity index (χ1) is 13.3. The fourth-order valence-electron chi connectivity index (χ4n) is 2.85. The Labute approximate surface area is 162 Å². The molecule has 0 aliphatic carbocycles. The van der Waals surface area contributed by atoms with E-state index < -0.39 is 10.9 Å². The topological polar surface area (TPSA) is 82.9 Å². The number of aryl methyl sites for hydroxylation is 4. The molecule has 0 bridgehead atoms. The minimum Gasteiger partial charge on any atom is -0.287 e. The van der Waals surface area contributed by atoms with Crippen LogP contribution in [0.4, 0.5) is 11.4 Å². The molecule has 0 spiro atoms. The van der Waals surface area contributed by atoms with Gasteiger partial charge in [0.25, 0.3) is 0 Å². The molecule has 0 amide bonds. The third-order valence-electron chi connectivity index (χ3n) is 4.42. The normalized spacial score (nSPS) is 12.3. The van der Waals surface area contributed by atoms with E-state index in [1.807, 2.05) is 64.1 Å². The summed E-state index contributed by atoms with van der Waals surface area (Å²) in [6.45, 7) is 7.89. The highest BCUT2D eigenvalue weighted by Crippen LogP contribution is 2.16. The van der Waals surface area contributed by atoms with Crippen molar-refractivity contribution in [2.45, 2.75) is 27.7 Å². The molecule has 0 unspecified atom stereocenters. The molecule has 0 saturated heterocycles. The van der Waals surface area contributed by atoms with Crippen molar-refractivity contribution in [1.82, 2.24) is 0 Å². The second-order valence-electron chi connectivity index (χ2n) is 6.84. The van der Waals surface area contributed by atoms with Gasteiger partial charge in [-0.3, -0.25) is 20.4 Å². The van der Waals surface area contributed by atoms with Crippen LogP contribution in [-0.4, -0.2) is 0 Å². The van der Waals surface area contributed by atoms with Crippen molar-refractivity contribution in [3.63, 3.8) is 0 Å². The van der Waals surface area contributed by atoms with Crippen molar-refractivity contribution in [3.05, 3.63) is 102 Å². The number of rotatable bonds is 4. The van der Waals surface area contributed by atoms with Gasteiger partial charge in [-0.2, -0.15) is 10.2 Å². The van der Waals surface area contributed by atoms with Crippen LogP contribution in [0.2, 0.25) is 0 Å². The van der Waals surface area contributed by atoms with Crippen LogP contribution in [0, 0.1) is 27.7 Å². The summed E-state index contributed by atoms with van der Waals surface area (Å²) in [5, 5.41) is 8.15. The summed E-state index contributed by atoms with van der Waals surface area (Å²) >= 11 is 0. The Balaban J connectivity index is 1.97. The average molecular weight is 374 g/mol. The van der Waals surface area contributed by atoms with Crippen molar-refractivity contribution >= 4 is 11.4 Å². The molecule has 0 fully saturated rings. The number of anilines is 2. The Morgan fingerprint density at radius 1 is 0.679 bits per heavy atom. The van der Waals surface area contributed by atoms with E-state index >= 15 is 0 Å². The molecular weight excluding hydrogens is 352 g/mol. The summed E-state index contributed by atoms with van der Waals surface area (Å²) in [6.07, 6.45) is 0. The van der Waals surface area contributed by atoms with E-state index in [0.29, 0.717) is 0 Å². The number of benzene rings is 3. The molecule has 0 saturated carbocycles. The fourth-order valence-corrected chi connectivity index (χ4v) is 2.85. The summed E-state index contributed by atoms with van der Waals surface area (Å²) in [5.74, 6) is 0. The van der Waals surface area contributed by atoms with Crippen molar-refractivity contribution in [1.29, 1.82) is 0 Å². The van der Waals surface area contributed by atoms with Gasteiger partial charge in [-0.05, 0) is 63.1 Å². The van der Waals surface area contributed by atoms with Crippen molar-refractivity contribution < 1.29 is 0 Å². The van der Waals surface area contributed by atoms with E-state index in [1.165, 1.54) is 12.1 Å². The molecule has 3 aromatic rings. The summed E-state index contributed by atoms with van der Waals surface area (Å²) in [6, 6.07) is 14.4. The highest BCUT2D eigenvalue weighted by molar-refractivity contribution is 5.52. The van der Waals surface area contributed by atoms with E-state index in [4.69, 9.17) is 0 Å². The Bertz CT molecular complexity index is 1250. The lowest BCUT2D eigenvalue weighted by atomic mass is 10.1. The van der Waals surface area contributed by atoms with Crippen molar-refractivity contribution in [3.8, 4) is 0 Å². The molecule has 0 atom stereocenters. The molecule has 3 rings (SSSR count). The van der Waals surface area contributed by atoms with Crippen molar-refractivity contribution in [2.24, 2.45) is 10.2 Å². The highest BCUT2D eigenvalue weighted by atomic mass is 16.1. The van der Waals surface area contributed by atoms with Crippen molar-refractivity contribution in [2.75, 3.05) is 10.9 Å². The van der Waals surface area contributed by atoms with Gasteiger partial charge < -0.3 is 0 Å². The lowest BCUT2D eigenvalue weighted by molar-refractivity contribution is 1.10. The monoisotopic (exact) mass is 374 g/mol. The minimum absolute atomic E-state index is 0.126. The van der Waals surface area contributed by atoms with Crippen LogP contribution in [0.15, 0.2) is 68.3 Å². The van der Waals surface area contributed by atoms with Gasteiger partial charge in [0.05, 0.1) is 11.4 Å². The summed E-state index contributed by atoms with van der Waals surface area (Å²) in [4.78, 5) is 24.8. The quantitative estimate of drug-likeness (QED) is 0.687. The molecule has 0 aliphatic rings. The van der Waals surface area contributed by atoms with Gasteiger partial charge in [0.15, 0.2) is 5.36 Å². The molecule has 0 aromatic heterocycles. The fraction of sp³-hybridized carbons (Fsp3) is 0.182. The van der Waals surface area contributed by atoms with Gasteiger partial charge >= 0.3 is 0 Å². The maximum absolute atomic E-state index is 12.6. The van der Waals surface area contributed by atoms with Crippen LogP contribution in [0.3, 0.4) is 0 Å². The zero-order valence-electron chi connectivity index (χ0n) is 16.3. The molecule has 6 heteroatoms. The Morgan fingerprint density at radius 3 is 1.75 bits per heavy atom. The Kier molecular flexibility index (Phi) is 5.49. The lowest BCUT2D eigenvalue weighted by Gasteiger charge is -2.05. The second kappa shape index (κ2) is 8.00. The standard InChI is InChI=1S/C22H22N4O2/c1-13-5-7-17(15(3)11-13)23-25-19-9-10-20(27)21(22(19)28)26-24-18-8-6-14(2)12-16(18)4/h5-12,23-24H,1-4H3/b25-19+,26-21+. The predicted molar refractivity (Wildman–Crippen MR) is 112 cm³/mol. The first-order valence-corrected chi connectivity index (χ1v) is 8.94. The molecule has 3 aromatic carbocycles. The van der Waals surface area contributed by atoms with Crippen LogP contribution in [-0.2, 0) is 0 Å². The van der Waals surface area contributed by atoms with Gasteiger partial charge in [0.2, 0.25) is 10.9 Å². The number of hydrogen-bond acceptors (Lipinski definition) is 6. The van der Waals surface area contributed by atoms with Crippen LogP contribution in [0.1, 0.15) is 22.3 Å². The van der Waals surface area contributed by atoms with E-state index in [-0.39, 0.29) is 10.7 Å². The van der Waals surface area contributed by atoms with E-state index in [2.05, 4.69) is 21.1 Å². The molecule has 0 radical (unpaired) electrons. The summed E-state index contributed by atoms with van der Waals surface area (Å²) < 4.78 is 0. The summed E-state index contributed by atoms with van der Waals surface area (Å²) in [5.41, 5.74) is 10.5. The zero-order chi connectivity index (χ0) is 20.3. The maximum Gasteiger partial charge on any atom is 0.237 e. The SMILES string of the molecule is Cc1ccc(N/N=c2\ccc(=O)/c(=N\Nc3ccc(C)cc3C)c2=O)c(C)c1. The maximum atomic E-state index is 12.6. The molecule has 0 heterocycles. The first kappa shape index (κ1) is 19.2. The molecule has 2 N–H and O–H groups in total. The Hall–Kier alpha value is -3.54. The number of nitrogens with zero attached hydrogens (tertiary/aromatic N) is 2. The molecule has 142 valence electrons. The molecule has 28 heavy (non-hydrogen) atoms. The third-order valence-corrected chi connectivity index (χ3v) is 4.42. The average Bonchev–Trinajstić information content (AvgIpc) is 2.63. The van der Waals surface area contributed by atoms with Crippen LogP contribution >= 0.6 is 0 Å². The van der Waals surface area contributed by atoms with Gasteiger partial charge in [-0.1, -0.05) is 35.4 Å². The molecule has 0 aliphatic heterocycles. The number of hydrogen-bond donors (Lipinski definition) is 2. The van der Waals surface area contributed by atoms with Gasteiger partial charge in [0.1, 0.15) is 5.36 Å². The third kappa shape index (κ3) is 4.23. The second-order valence-corrected chi connectivity index (χ2v) is 6.84. The highest BCUT2D eigenvalue weighted by Gasteiger charge is 2.03.